The molecule has 0 aromatic rings. The quantitative estimate of drug-likeness (QED) is 0.287. The van der Waals surface area contributed by atoms with E-state index in [0.29, 0.717) is 4.90 Å². The van der Waals surface area contributed by atoms with Gasteiger partial charge in [0.25, 0.3) is 0 Å². The molecule has 1 heterocycles. The number of carbonyl (C=O) groups is 3. The summed E-state index contributed by atoms with van der Waals surface area (Å²) in [6, 6.07) is -2.88. The minimum Gasteiger partial charge on any atom is -0.480 e. The van der Waals surface area contributed by atoms with Crippen LogP contribution in [0.15, 0.2) is 0 Å². The first-order valence-electron chi connectivity index (χ1n) is 6.80. The minimum absolute atomic E-state index is 0.533. The highest BCUT2D eigenvalue weighted by molar-refractivity contribution is 5.96. The molecule has 0 radical (unpaired) electrons. The number of imide groups is 1. The van der Waals surface area contributed by atoms with Gasteiger partial charge in [-0.3, -0.25) is 19.3 Å². The zero-order chi connectivity index (χ0) is 17.9. The average Bonchev–Trinajstić information content (AvgIpc) is 2.47. The third-order valence-corrected chi connectivity index (χ3v) is 3.52. The van der Waals surface area contributed by atoms with Crippen molar-refractivity contribution in [1.29, 1.82) is 0 Å². The Hall–Kier alpha value is -1.63. The van der Waals surface area contributed by atoms with Crippen LogP contribution in [0.4, 0.5) is 0 Å². The molecule has 1 unspecified atom stereocenters. The van der Waals surface area contributed by atoms with E-state index in [9.17, 15) is 24.6 Å². The Bertz CT molecular complexity index is 471. The van der Waals surface area contributed by atoms with E-state index >= 15 is 0 Å². The highest BCUT2D eigenvalue weighted by atomic mass is 16.5. The largest absolute Gasteiger partial charge is 0.480 e. The smallest absolute Gasteiger partial charge is 0.321 e. The number of carboxylic acids is 1. The predicted molar refractivity (Wildman–Crippen MR) is 73.5 cm³/mol. The molecule has 0 aliphatic carbocycles. The molecule has 11 nitrogen and oxygen atoms in total. The van der Waals surface area contributed by atoms with Crippen LogP contribution in [0, 0.1) is 0 Å². The number of nitrogens with zero attached hydrogens (tertiary/aromatic N) is 1. The normalized spacial score (nSPS) is 32.2. The van der Waals surface area contributed by atoms with Gasteiger partial charge in [-0.2, -0.15) is 0 Å². The second kappa shape index (κ2) is 7.77. The number of hydrogen-bond acceptors (Lipinski definition) is 9. The molecule has 23 heavy (non-hydrogen) atoms. The number of carbonyl (C=O) groups excluding carboxylic acids is 2. The second-order valence-corrected chi connectivity index (χ2v) is 5.24. The van der Waals surface area contributed by atoms with Gasteiger partial charge in [0.15, 0.2) is 6.23 Å². The third-order valence-electron chi connectivity index (χ3n) is 3.52. The molecule has 1 aliphatic heterocycles. The number of rotatable bonds is 5. The highest BCUT2D eigenvalue weighted by Crippen LogP contribution is 2.23. The van der Waals surface area contributed by atoms with Crippen LogP contribution in [0.5, 0.6) is 0 Å². The summed E-state index contributed by atoms with van der Waals surface area (Å²) < 4.78 is 5.23. The SMILES string of the molecule is CC(=O)N(C(=O)C[C@H](N)C(=O)O)C1O[C@H](CO)[C@@H](O)[C@H](O)[C@H]1N. The molecule has 1 saturated heterocycles. The predicted octanol–water partition coefficient (Wildman–Crippen LogP) is -4.07. The monoisotopic (exact) mass is 335 g/mol. The van der Waals surface area contributed by atoms with Gasteiger partial charge in [0.05, 0.1) is 19.1 Å². The van der Waals surface area contributed by atoms with Gasteiger partial charge in [-0.15, -0.1) is 0 Å². The second-order valence-electron chi connectivity index (χ2n) is 5.24. The number of ether oxygens (including phenoxy) is 1. The Morgan fingerprint density at radius 1 is 1.26 bits per heavy atom. The van der Waals surface area contributed by atoms with Gasteiger partial charge in [0.2, 0.25) is 11.8 Å². The van der Waals surface area contributed by atoms with Crippen molar-refractivity contribution < 1.29 is 39.5 Å². The Balaban J connectivity index is 3.01. The van der Waals surface area contributed by atoms with E-state index < -0.39 is 67.4 Å². The number of amides is 2. The summed E-state index contributed by atoms with van der Waals surface area (Å²) in [5, 5.41) is 37.4. The third kappa shape index (κ3) is 4.22. The van der Waals surface area contributed by atoms with E-state index in [1.165, 1.54) is 0 Å². The van der Waals surface area contributed by atoms with Crippen molar-refractivity contribution in [2.45, 2.75) is 50.0 Å². The molecule has 8 N–H and O–H groups in total. The molecule has 0 bridgehead atoms. The maximum Gasteiger partial charge on any atom is 0.321 e. The van der Waals surface area contributed by atoms with Crippen molar-refractivity contribution in [3.05, 3.63) is 0 Å². The van der Waals surface area contributed by atoms with Crippen LogP contribution in [0.1, 0.15) is 13.3 Å². The lowest BCUT2D eigenvalue weighted by Crippen LogP contribution is -2.67. The van der Waals surface area contributed by atoms with Crippen LogP contribution in [0.2, 0.25) is 0 Å². The van der Waals surface area contributed by atoms with E-state index in [2.05, 4.69) is 0 Å². The summed E-state index contributed by atoms with van der Waals surface area (Å²) in [7, 11) is 0. The summed E-state index contributed by atoms with van der Waals surface area (Å²) in [4.78, 5) is 35.1. The maximum absolute atomic E-state index is 12.1. The van der Waals surface area contributed by atoms with Crippen LogP contribution in [0.25, 0.3) is 0 Å². The van der Waals surface area contributed by atoms with Gasteiger partial charge in [-0.1, -0.05) is 0 Å². The molecule has 0 spiro atoms. The summed E-state index contributed by atoms with van der Waals surface area (Å²) in [5.41, 5.74) is 10.9. The molecule has 6 atom stereocenters. The van der Waals surface area contributed by atoms with Crippen LogP contribution in [-0.4, -0.2) is 86.3 Å². The van der Waals surface area contributed by atoms with E-state index in [0.717, 1.165) is 6.92 Å². The first-order chi connectivity index (χ1) is 10.6. The van der Waals surface area contributed by atoms with Crippen molar-refractivity contribution >= 4 is 17.8 Å². The Labute approximate surface area is 131 Å². The zero-order valence-electron chi connectivity index (χ0n) is 12.4. The lowest BCUT2D eigenvalue weighted by molar-refractivity contribution is -0.225. The van der Waals surface area contributed by atoms with Crippen LogP contribution in [-0.2, 0) is 19.1 Å². The highest BCUT2D eigenvalue weighted by Gasteiger charge is 2.47. The molecular weight excluding hydrogens is 314 g/mol. The van der Waals surface area contributed by atoms with Crippen molar-refractivity contribution in [3.8, 4) is 0 Å². The maximum atomic E-state index is 12.1. The fraction of sp³-hybridized carbons (Fsp3) is 0.750. The first-order valence-corrected chi connectivity index (χ1v) is 6.80. The zero-order valence-corrected chi connectivity index (χ0v) is 12.4. The van der Waals surface area contributed by atoms with Gasteiger partial charge in [-0.25, -0.2) is 0 Å². The van der Waals surface area contributed by atoms with Crippen molar-refractivity contribution in [3.63, 3.8) is 0 Å². The molecule has 132 valence electrons. The lowest BCUT2D eigenvalue weighted by atomic mass is 9.96. The summed E-state index contributed by atoms with van der Waals surface area (Å²) in [6.07, 6.45) is -6.50. The van der Waals surface area contributed by atoms with Gasteiger partial charge in [-0.05, 0) is 0 Å². The molecular formula is C12H21N3O8. The molecule has 0 aromatic carbocycles. The number of aliphatic carboxylic acids is 1. The van der Waals surface area contributed by atoms with Gasteiger partial charge in [0.1, 0.15) is 24.4 Å². The van der Waals surface area contributed by atoms with Crippen LogP contribution >= 0.6 is 0 Å². The summed E-state index contributed by atoms with van der Waals surface area (Å²) in [5.74, 6) is -3.21. The summed E-state index contributed by atoms with van der Waals surface area (Å²) in [6.45, 7) is 0.335. The standard InChI is InChI=1S/C12H21N3O8/c1-4(17)15(7(18)2-5(13)12(21)22)11-8(14)10(20)9(19)6(3-16)23-11/h5-6,8-11,16,19-20H,2-3,13-14H2,1H3,(H,21,22)/t5-,6+,8+,9+,10+,11?/m0/s1. The molecule has 11 heteroatoms. The molecule has 1 rings (SSSR count). The van der Waals surface area contributed by atoms with Crippen LogP contribution in [0.3, 0.4) is 0 Å². The fourth-order valence-electron chi connectivity index (χ4n) is 2.22. The van der Waals surface area contributed by atoms with E-state index in [1.807, 2.05) is 0 Å². The van der Waals surface area contributed by atoms with E-state index in [4.69, 9.17) is 26.4 Å². The van der Waals surface area contributed by atoms with Crippen molar-refractivity contribution in [2.24, 2.45) is 11.5 Å². The minimum atomic E-state index is -1.56. The Kier molecular flexibility index (Phi) is 6.56. The lowest BCUT2D eigenvalue weighted by Gasteiger charge is -2.44. The summed E-state index contributed by atoms with van der Waals surface area (Å²) >= 11 is 0. The van der Waals surface area contributed by atoms with Gasteiger partial charge < -0.3 is 36.6 Å². The van der Waals surface area contributed by atoms with Crippen molar-refractivity contribution in [2.75, 3.05) is 6.61 Å². The Morgan fingerprint density at radius 2 is 1.83 bits per heavy atom. The number of hydrogen-bond donors (Lipinski definition) is 6. The van der Waals surface area contributed by atoms with E-state index in [1.54, 1.807) is 0 Å². The van der Waals surface area contributed by atoms with E-state index in [-0.39, 0.29) is 0 Å². The molecule has 0 saturated carbocycles. The van der Waals surface area contributed by atoms with Gasteiger partial charge >= 0.3 is 5.97 Å². The average molecular weight is 335 g/mol. The first kappa shape index (κ1) is 19.4. The topological polar surface area (TPSA) is 197 Å². The molecule has 0 aromatic heterocycles. The number of nitrogens with two attached hydrogens (primary N) is 2. The Morgan fingerprint density at radius 3 is 2.26 bits per heavy atom. The molecule has 2 amide bonds. The van der Waals surface area contributed by atoms with Crippen LogP contribution < -0.4 is 11.5 Å². The van der Waals surface area contributed by atoms with Gasteiger partial charge in [0, 0.05) is 6.92 Å². The molecule has 1 fully saturated rings. The molecule has 1 aliphatic rings. The number of aliphatic hydroxyl groups is 3. The van der Waals surface area contributed by atoms with Crippen molar-refractivity contribution in [1.82, 2.24) is 4.90 Å². The fourth-order valence-corrected chi connectivity index (χ4v) is 2.22. The number of carboxylic acid groups (broad SMARTS) is 1. The number of aliphatic hydroxyl groups excluding tert-OH is 3.